The summed E-state index contributed by atoms with van der Waals surface area (Å²) in [5.41, 5.74) is 0. The lowest BCUT2D eigenvalue weighted by atomic mass is 9.78. The fourth-order valence-corrected chi connectivity index (χ4v) is 2.57. The Morgan fingerprint density at radius 2 is 1.94 bits per heavy atom. The average molecular weight is 257 g/mol. The zero-order chi connectivity index (χ0) is 13.2. The Morgan fingerprint density at radius 3 is 2.56 bits per heavy atom. The van der Waals surface area contributed by atoms with Crippen molar-refractivity contribution in [2.75, 3.05) is 26.4 Å². The monoisotopic (exact) mass is 257 g/mol. The Labute approximate surface area is 113 Å². The van der Waals surface area contributed by atoms with Gasteiger partial charge in [-0.2, -0.15) is 0 Å². The smallest absolute Gasteiger partial charge is 0.0619 e. The van der Waals surface area contributed by atoms with Crippen molar-refractivity contribution in [2.24, 2.45) is 5.92 Å². The molecule has 1 saturated carbocycles. The van der Waals surface area contributed by atoms with Crippen molar-refractivity contribution < 1.29 is 9.47 Å². The van der Waals surface area contributed by atoms with Gasteiger partial charge in [-0.25, -0.2) is 0 Å². The minimum Gasteiger partial charge on any atom is -0.380 e. The van der Waals surface area contributed by atoms with Gasteiger partial charge in [-0.1, -0.05) is 13.8 Å². The molecule has 1 atom stereocenters. The number of nitrogens with one attached hydrogen (secondary N) is 1. The Balaban J connectivity index is 2.15. The Bertz CT molecular complexity index is 193. The number of hydrogen-bond donors (Lipinski definition) is 1. The lowest BCUT2D eigenvalue weighted by molar-refractivity contribution is -0.0320. The van der Waals surface area contributed by atoms with E-state index in [-0.39, 0.29) is 0 Å². The van der Waals surface area contributed by atoms with Crippen LogP contribution in [-0.4, -0.2) is 38.5 Å². The second-order valence-electron chi connectivity index (χ2n) is 5.38. The molecule has 3 heteroatoms. The van der Waals surface area contributed by atoms with Crippen LogP contribution in [0.1, 0.15) is 52.9 Å². The van der Waals surface area contributed by atoms with E-state index in [1.54, 1.807) is 0 Å². The first kappa shape index (κ1) is 15.9. The van der Waals surface area contributed by atoms with Gasteiger partial charge in [0.05, 0.1) is 12.7 Å². The van der Waals surface area contributed by atoms with Crippen LogP contribution in [0.3, 0.4) is 0 Å². The molecule has 0 spiro atoms. The Hall–Kier alpha value is -0.120. The standard InChI is InChI=1S/C15H31NO2/c1-4-7-16-14(12-17-8-5-2)9-13-10-15(11-13)18-6-3/h13-16H,4-12H2,1-3H3. The largest absolute Gasteiger partial charge is 0.380 e. The van der Waals surface area contributed by atoms with E-state index in [4.69, 9.17) is 9.47 Å². The molecule has 0 aromatic rings. The van der Waals surface area contributed by atoms with E-state index in [1.807, 2.05) is 0 Å². The lowest BCUT2D eigenvalue weighted by Crippen LogP contribution is -2.40. The number of ether oxygens (including phenoxy) is 2. The molecule has 0 aromatic carbocycles. The summed E-state index contributed by atoms with van der Waals surface area (Å²) in [6.45, 7) is 10.2. The van der Waals surface area contributed by atoms with Crippen molar-refractivity contribution in [1.82, 2.24) is 5.32 Å². The van der Waals surface area contributed by atoms with Crippen molar-refractivity contribution in [3.8, 4) is 0 Å². The summed E-state index contributed by atoms with van der Waals surface area (Å²) in [7, 11) is 0. The Kier molecular flexibility index (Phi) is 8.64. The molecule has 1 rings (SSSR count). The molecule has 1 N–H and O–H groups in total. The predicted octanol–water partition coefficient (Wildman–Crippen LogP) is 2.99. The van der Waals surface area contributed by atoms with Crippen molar-refractivity contribution in [1.29, 1.82) is 0 Å². The second-order valence-corrected chi connectivity index (χ2v) is 5.38. The van der Waals surface area contributed by atoms with Crippen LogP contribution in [0.2, 0.25) is 0 Å². The fraction of sp³-hybridized carbons (Fsp3) is 1.00. The molecular formula is C15H31NO2. The molecule has 0 radical (unpaired) electrons. The van der Waals surface area contributed by atoms with Gasteiger partial charge in [0.1, 0.15) is 0 Å². The molecule has 0 aromatic heterocycles. The maximum Gasteiger partial charge on any atom is 0.0619 e. The average Bonchev–Trinajstić information content (AvgIpc) is 2.33. The summed E-state index contributed by atoms with van der Waals surface area (Å²) in [5, 5.41) is 3.61. The van der Waals surface area contributed by atoms with Gasteiger partial charge in [0, 0.05) is 19.3 Å². The normalized spacial score (nSPS) is 24.8. The quantitative estimate of drug-likeness (QED) is 0.577. The highest BCUT2D eigenvalue weighted by atomic mass is 16.5. The molecular weight excluding hydrogens is 226 g/mol. The molecule has 0 amide bonds. The van der Waals surface area contributed by atoms with Crippen LogP contribution in [0.4, 0.5) is 0 Å². The molecule has 1 aliphatic rings. The van der Waals surface area contributed by atoms with Crippen LogP contribution in [0.5, 0.6) is 0 Å². The summed E-state index contributed by atoms with van der Waals surface area (Å²) < 4.78 is 11.3. The van der Waals surface area contributed by atoms with Crippen LogP contribution in [-0.2, 0) is 9.47 Å². The van der Waals surface area contributed by atoms with E-state index in [0.29, 0.717) is 12.1 Å². The predicted molar refractivity (Wildman–Crippen MR) is 75.9 cm³/mol. The molecule has 0 saturated heterocycles. The van der Waals surface area contributed by atoms with Crippen LogP contribution in [0.25, 0.3) is 0 Å². The molecule has 0 bridgehead atoms. The zero-order valence-corrected chi connectivity index (χ0v) is 12.4. The molecule has 3 nitrogen and oxygen atoms in total. The maximum atomic E-state index is 5.69. The van der Waals surface area contributed by atoms with E-state index in [1.165, 1.54) is 25.7 Å². The zero-order valence-electron chi connectivity index (χ0n) is 12.4. The molecule has 18 heavy (non-hydrogen) atoms. The van der Waals surface area contributed by atoms with Gasteiger partial charge in [-0.15, -0.1) is 0 Å². The van der Waals surface area contributed by atoms with Crippen LogP contribution in [0.15, 0.2) is 0 Å². The van der Waals surface area contributed by atoms with Gasteiger partial charge in [-0.05, 0) is 51.5 Å². The molecule has 1 unspecified atom stereocenters. The molecule has 0 heterocycles. The van der Waals surface area contributed by atoms with Gasteiger partial charge in [0.25, 0.3) is 0 Å². The fourth-order valence-electron chi connectivity index (χ4n) is 2.57. The second kappa shape index (κ2) is 9.76. The number of hydrogen-bond acceptors (Lipinski definition) is 3. The van der Waals surface area contributed by atoms with E-state index in [9.17, 15) is 0 Å². The van der Waals surface area contributed by atoms with E-state index < -0.39 is 0 Å². The summed E-state index contributed by atoms with van der Waals surface area (Å²) in [6.07, 6.45) is 6.56. The van der Waals surface area contributed by atoms with Gasteiger partial charge in [0.15, 0.2) is 0 Å². The molecule has 1 fully saturated rings. The van der Waals surface area contributed by atoms with Crippen molar-refractivity contribution in [3.05, 3.63) is 0 Å². The van der Waals surface area contributed by atoms with Gasteiger partial charge in [0.2, 0.25) is 0 Å². The van der Waals surface area contributed by atoms with Crippen molar-refractivity contribution in [2.45, 2.75) is 65.0 Å². The minimum absolute atomic E-state index is 0.531. The highest BCUT2D eigenvalue weighted by Gasteiger charge is 2.31. The molecule has 1 aliphatic carbocycles. The van der Waals surface area contributed by atoms with E-state index in [0.717, 1.165) is 38.7 Å². The Morgan fingerprint density at radius 1 is 1.17 bits per heavy atom. The summed E-state index contributed by atoms with van der Waals surface area (Å²) in [5.74, 6) is 0.834. The van der Waals surface area contributed by atoms with Crippen LogP contribution >= 0.6 is 0 Å². The van der Waals surface area contributed by atoms with Crippen LogP contribution < -0.4 is 5.32 Å². The maximum absolute atomic E-state index is 5.69. The van der Waals surface area contributed by atoms with Gasteiger partial charge >= 0.3 is 0 Å². The first-order valence-electron chi connectivity index (χ1n) is 7.72. The third-order valence-corrected chi connectivity index (χ3v) is 3.56. The number of rotatable bonds is 11. The lowest BCUT2D eigenvalue weighted by Gasteiger charge is -2.37. The molecule has 0 aliphatic heterocycles. The summed E-state index contributed by atoms with van der Waals surface area (Å²) in [4.78, 5) is 0. The van der Waals surface area contributed by atoms with Crippen molar-refractivity contribution >= 4 is 0 Å². The first-order chi connectivity index (χ1) is 8.80. The minimum atomic E-state index is 0.531. The molecule has 108 valence electrons. The third kappa shape index (κ3) is 6.17. The summed E-state index contributed by atoms with van der Waals surface area (Å²) in [6, 6.07) is 0.532. The van der Waals surface area contributed by atoms with E-state index >= 15 is 0 Å². The highest BCUT2D eigenvalue weighted by molar-refractivity contribution is 4.84. The SMILES string of the molecule is CCCNC(COCCC)CC1CC(OCC)C1. The van der Waals surface area contributed by atoms with Crippen LogP contribution in [0, 0.1) is 5.92 Å². The topological polar surface area (TPSA) is 30.5 Å². The van der Waals surface area contributed by atoms with E-state index in [2.05, 4.69) is 26.1 Å². The van der Waals surface area contributed by atoms with Gasteiger partial charge < -0.3 is 14.8 Å². The third-order valence-electron chi connectivity index (χ3n) is 3.56. The van der Waals surface area contributed by atoms with Crippen molar-refractivity contribution in [3.63, 3.8) is 0 Å². The first-order valence-corrected chi connectivity index (χ1v) is 7.72. The highest BCUT2D eigenvalue weighted by Crippen LogP contribution is 2.33. The van der Waals surface area contributed by atoms with Gasteiger partial charge in [-0.3, -0.25) is 0 Å². The summed E-state index contributed by atoms with van der Waals surface area (Å²) >= 11 is 0.